The maximum atomic E-state index is 12.0. The minimum absolute atomic E-state index is 0.113. The van der Waals surface area contributed by atoms with E-state index >= 15 is 0 Å². The lowest BCUT2D eigenvalue weighted by molar-refractivity contribution is 0.601. The normalized spacial score (nSPS) is 11.2. The number of nitrogens with one attached hydrogen (secondary N) is 1. The van der Waals surface area contributed by atoms with Gasteiger partial charge in [-0.25, -0.2) is 18.4 Å². The second-order valence-corrected chi connectivity index (χ2v) is 6.27. The van der Waals surface area contributed by atoms with Crippen LogP contribution >= 0.6 is 27.5 Å². The summed E-state index contributed by atoms with van der Waals surface area (Å²) in [5.74, 6) is 0.113. The maximum absolute atomic E-state index is 12.0. The van der Waals surface area contributed by atoms with Crippen molar-refractivity contribution in [2.75, 3.05) is 4.72 Å². The first-order valence-corrected chi connectivity index (χ1v) is 7.39. The van der Waals surface area contributed by atoms with Crippen LogP contribution in [0.3, 0.4) is 0 Å². The highest BCUT2D eigenvalue weighted by atomic mass is 79.9. The monoisotopic (exact) mass is 347 g/mol. The summed E-state index contributed by atoms with van der Waals surface area (Å²) in [6.07, 6.45) is 2.51. The van der Waals surface area contributed by atoms with Gasteiger partial charge in [-0.05, 0) is 24.3 Å². The SMILES string of the molecule is O=S(=O)(Nc1cnc(Cl)cn1)c1ccc(Br)cc1. The average molecular weight is 349 g/mol. The fourth-order valence-corrected chi connectivity index (χ4v) is 2.53. The van der Waals surface area contributed by atoms with E-state index in [1.807, 2.05) is 0 Å². The fourth-order valence-electron chi connectivity index (χ4n) is 1.18. The first kappa shape index (κ1) is 13.3. The highest BCUT2D eigenvalue weighted by Crippen LogP contribution is 2.17. The van der Waals surface area contributed by atoms with Crippen LogP contribution in [0.2, 0.25) is 5.15 Å². The van der Waals surface area contributed by atoms with Gasteiger partial charge in [-0.2, -0.15) is 0 Å². The molecule has 0 aliphatic heterocycles. The average Bonchev–Trinajstić information content (AvgIpc) is 2.32. The zero-order valence-corrected chi connectivity index (χ0v) is 12.0. The van der Waals surface area contributed by atoms with Gasteiger partial charge in [-0.3, -0.25) is 4.72 Å². The Balaban J connectivity index is 2.27. The third kappa shape index (κ3) is 3.18. The first-order valence-electron chi connectivity index (χ1n) is 4.73. The minimum Gasteiger partial charge on any atom is -0.262 e. The Kier molecular flexibility index (Phi) is 3.84. The van der Waals surface area contributed by atoms with Gasteiger partial charge >= 0.3 is 0 Å². The van der Waals surface area contributed by atoms with Crippen LogP contribution in [0.15, 0.2) is 46.0 Å². The van der Waals surface area contributed by atoms with Crippen molar-refractivity contribution in [1.82, 2.24) is 9.97 Å². The van der Waals surface area contributed by atoms with Crippen molar-refractivity contribution in [3.8, 4) is 0 Å². The molecule has 0 spiro atoms. The lowest BCUT2D eigenvalue weighted by Gasteiger charge is -2.06. The molecule has 1 heterocycles. The molecular formula is C10H7BrClN3O2S. The van der Waals surface area contributed by atoms with E-state index in [2.05, 4.69) is 30.6 Å². The number of nitrogens with zero attached hydrogens (tertiary/aromatic N) is 2. The van der Waals surface area contributed by atoms with Crippen LogP contribution in [-0.2, 0) is 10.0 Å². The molecule has 0 amide bonds. The lowest BCUT2D eigenvalue weighted by atomic mass is 10.4. The summed E-state index contributed by atoms with van der Waals surface area (Å²) in [6.45, 7) is 0. The van der Waals surface area contributed by atoms with Crippen molar-refractivity contribution < 1.29 is 8.42 Å². The molecule has 2 rings (SSSR count). The van der Waals surface area contributed by atoms with Crippen LogP contribution in [0.25, 0.3) is 0 Å². The number of halogens is 2. The predicted octanol–water partition coefficient (Wildman–Crippen LogP) is 2.69. The van der Waals surface area contributed by atoms with E-state index in [9.17, 15) is 8.42 Å². The molecule has 0 atom stereocenters. The molecule has 0 radical (unpaired) electrons. The fraction of sp³-hybridized carbons (Fsp3) is 0. The standard InChI is InChI=1S/C10H7BrClN3O2S/c11-7-1-3-8(4-2-7)18(16,17)15-10-6-13-9(12)5-14-10/h1-6H,(H,14,15). The number of benzene rings is 1. The largest absolute Gasteiger partial charge is 0.263 e. The van der Waals surface area contributed by atoms with Gasteiger partial charge in [0, 0.05) is 4.47 Å². The molecule has 0 unspecified atom stereocenters. The Morgan fingerprint density at radius 3 is 2.33 bits per heavy atom. The molecule has 0 saturated carbocycles. The summed E-state index contributed by atoms with van der Waals surface area (Å²) < 4.78 is 27.0. The Hall–Kier alpha value is -1.18. The van der Waals surface area contributed by atoms with Gasteiger partial charge in [0.2, 0.25) is 0 Å². The Bertz CT molecular complexity index is 644. The third-order valence-electron chi connectivity index (χ3n) is 1.98. The molecule has 1 N–H and O–H groups in total. The van der Waals surface area contributed by atoms with Crippen LogP contribution in [0.5, 0.6) is 0 Å². The van der Waals surface area contributed by atoms with Gasteiger partial charge in [-0.1, -0.05) is 27.5 Å². The molecular weight excluding hydrogens is 342 g/mol. The van der Waals surface area contributed by atoms with Gasteiger partial charge in [0.15, 0.2) is 5.82 Å². The van der Waals surface area contributed by atoms with Gasteiger partial charge in [0.25, 0.3) is 10.0 Å². The second kappa shape index (κ2) is 5.21. The van der Waals surface area contributed by atoms with E-state index in [-0.39, 0.29) is 15.9 Å². The summed E-state index contributed by atoms with van der Waals surface area (Å²) in [5, 5.41) is 0.196. The van der Waals surface area contributed by atoms with E-state index in [4.69, 9.17) is 11.6 Å². The van der Waals surface area contributed by atoms with Crippen molar-refractivity contribution in [3.63, 3.8) is 0 Å². The van der Waals surface area contributed by atoms with Crippen molar-refractivity contribution in [2.45, 2.75) is 4.90 Å². The highest BCUT2D eigenvalue weighted by Gasteiger charge is 2.14. The van der Waals surface area contributed by atoms with Gasteiger partial charge in [0.1, 0.15) is 5.15 Å². The predicted molar refractivity (Wildman–Crippen MR) is 72.0 cm³/mol. The number of hydrogen-bond acceptors (Lipinski definition) is 4. The highest BCUT2D eigenvalue weighted by molar-refractivity contribution is 9.10. The quantitative estimate of drug-likeness (QED) is 0.925. The first-order chi connectivity index (χ1) is 8.47. The van der Waals surface area contributed by atoms with Gasteiger partial charge < -0.3 is 0 Å². The summed E-state index contributed by atoms with van der Waals surface area (Å²) >= 11 is 8.80. The number of hydrogen-bond donors (Lipinski definition) is 1. The van der Waals surface area contributed by atoms with E-state index in [1.165, 1.54) is 24.5 Å². The number of aromatic nitrogens is 2. The summed E-state index contributed by atoms with van der Waals surface area (Å²) in [4.78, 5) is 7.69. The van der Waals surface area contributed by atoms with Crippen LogP contribution < -0.4 is 4.72 Å². The van der Waals surface area contributed by atoms with E-state index in [0.29, 0.717) is 0 Å². The van der Waals surface area contributed by atoms with E-state index in [1.54, 1.807) is 12.1 Å². The second-order valence-electron chi connectivity index (χ2n) is 3.28. The smallest absolute Gasteiger partial charge is 0.262 e. The molecule has 0 aliphatic carbocycles. The molecule has 0 fully saturated rings. The summed E-state index contributed by atoms with van der Waals surface area (Å²) in [5.41, 5.74) is 0. The lowest BCUT2D eigenvalue weighted by Crippen LogP contribution is -2.13. The number of anilines is 1. The Labute approximate surface area is 117 Å². The van der Waals surface area contributed by atoms with Crippen molar-refractivity contribution >= 4 is 43.4 Å². The molecule has 0 saturated heterocycles. The van der Waals surface area contributed by atoms with Crippen molar-refractivity contribution in [1.29, 1.82) is 0 Å². The maximum Gasteiger partial charge on any atom is 0.263 e. The van der Waals surface area contributed by atoms with Crippen molar-refractivity contribution in [3.05, 3.63) is 46.3 Å². The molecule has 0 aliphatic rings. The molecule has 94 valence electrons. The summed E-state index contributed by atoms with van der Waals surface area (Å²) in [7, 11) is -3.66. The van der Waals surface area contributed by atoms with Crippen LogP contribution in [-0.4, -0.2) is 18.4 Å². The molecule has 1 aromatic carbocycles. The molecule has 2 aromatic rings. The zero-order valence-electron chi connectivity index (χ0n) is 8.84. The number of rotatable bonds is 3. The molecule has 0 bridgehead atoms. The van der Waals surface area contributed by atoms with E-state index in [0.717, 1.165) is 4.47 Å². The number of sulfonamides is 1. The zero-order chi connectivity index (χ0) is 13.2. The molecule has 18 heavy (non-hydrogen) atoms. The van der Waals surface area contributed by atoms with E-state index < -0.39 is 10.0 Å². The van der Waals surface area contributed by atoms with Crippen LogP contribution in [0.1, 0.15) is 0 Å². The third-order valence-corrected chi connectivity index (χ3v) is 4.08. The van der Waals surface area contributed by atoms with Crippen LogP contribution in [0.4, 0.5) is 5.82 Å². The molecule has 8 heteroatoms. The Morgan fingerprint density at radius 1 is 1.11 bits per heavy atom. The van der Waals surface area contributed by atoms with Crippen molar-refractivity contribution in [2.24, 2.45) is 0 Å². The minimum atomic E-state index is -3.66. The Morgan fingerprint density at radius 2 is 1.78 bits per heavy atom. The van der Waals surface area contributed by atoms with Gasteiger partial charge in [-0.15, -0.1) is 0 Å². The van der Waals surface area contributed by atoms with Gasteiger partial charge in [0.05, 0.1) is 17.3 Å². The topological polar surface area (TPSA) is 72.0 Å². The summed E-state index contributed by atoms with van der Waals surface area (Å²) in [6, 6.07) is 6.25. The molecule has 5 nitrogen and oxygen atoms in total. The molecule has 1 aromatic heterocycles. The van der Waals surface area contributed by atoms with Crippen LogP contribution in [0, 0.1) is 0 Å².